The molecule has 0 bridgehead atoms. The van der Waals surface area contributed by atoms with Crippen LogP contribution in [0.5, 0.6) is 5.75 Å². The number of nitro benzene ring substituents is 1. The van der Waals surface area contributed by atoms with Crippen molar-refractivity contribution in [2.75, 3.05) is 6.61 Å². The van der Waals surface area contributed by atoms with Gasteiger partial charge in [-0.2, -0.15) is 5.26 Å². The molecular weight excluding hydrogens is 255 g/mol. The third-order valence-electron chi connectivity index (χ3n) is 1.65. The van der Waals surface area contributed by atoms with Crippen LogP contribution in [0.4, 0.5) is 5.69 Å². The second-order valence-corrected chi connectivity index (χ2v) is 3.57. The van der Waals surface area contributed by atoms with Gasteiger partial charge < -0.3 is 4.74 Å². The zero-order valence-electron chi connectivity index (χ0n) is 7.94. The number of hydrogen-bond donors (Lipinski definition) is 0. The molecule has 7 heteroatoms. The van der Waals surface area contributed by atoms with E-state index in [-0.39, 0.29) is 34.5 Å². The van der Waals surface area contributed by atoms with Gasteiger partial charge >= 0.3 is 0 Å². The molecule has 0 aromatic heterocycles. The zero-order chi connectivity index (χ0) is 12.1. The van der Waals surface area contributed by atoms with Crippen molar-refractivity contribution < 1.29 is 9.66 Å². The Kier molecular flexibility index (Phi) is 4.35. The first-order valence-electron chi connectivity index (χ1n) is 4.19. The maximum absolute atomic E-state index is 10.5. The van der Waals surface area contributed by atoms with Gasteiger partial charge in [-0.15, -0.1) is 0 Å². The number of nitriles is 1. The summed E-state index contributed by atoms with van der Waals surface area (Å²) in [6.07, 6.45) is 0.184. The summed E-state index contributed by atoms with van der Waals surface area (Å²) >= 11 is 11.5. The van der Waals surface area contributed by atoms with Gasteiger partial charge in [0.25, 0.3) is 5.69 Å². The number of rotatable bonds is 4. The predicted octanol–water partition coefficient (Wildman–Crippen LogP) is 3.19. The molecule has 0 saturated carbocycles. The van der Waals surface area contributed by atoms with Crippen LogP contribution in [-0.2, 0) is 0 Å². The molecule has 0 saturated heterocycles. The summed E-state index contributed by atoms with van der Waals surface area (Å²) in [5.74, 6) is 0.157. The van der Waals surface area contributed by atoms with E-state index in [2.05, 4.69) is 0 Å². The molecule has 0 aliphatic carbocycles. The highest BCUT2D eigenvalue weighted by Crippen LogP contribution is 2.36. The van der Waals surface area contributed by atoms with Crippen molar-refractivity contribution in [1.29, 1.82) is 5.26 Å². The maximum Gasteiger partial charge on any atom is 0.272 e. The average molecular weight is 261 g/mol. The van der Waals surface area contributed by atoms with Crippen molar-refractivity contribution in [2.24, 2.45) is 0 Å². The minimum absolute atomic E-state index is 0.0529. The second kappa shape index (κ2) is 5.54. The van der Waals surface area contributed by atoms with E-state index in [9.17, 15) is 10.1 Å². The maximum atomic E-state index is 10.5. The first-order chi connectivity index (χ1) is 7.56. The van der Waals surface area contributed by atoms with E-state index < -0.39 is 4.92 Å². The minimum atomic E-state index is -0.600. The molecule has 0 unspecified atom stereocenters. The van der Waals surface area contributed by atoms with Gasteiger partial charge in [-0.3, -0.25) is 10.1 Å². The summed E-state index contributed by atoms with van der Waals surface area (Å²) in [7, 11) is 0. The summed E-state index contributed by atoms with van der Waals surface area (Å²) in [6, 6.07) is 4.18. The number of halogens is 2. The fourth-order valence-electron chi connectivity index (χ4n) is 0.989. The van der Waals surface area contributed by atoms with Crippen LogP contribution in [0.15, 0.2) is 12.1 Å². The smallest absolute Gasteiger partial charge is 0.272 e. The quantitative estimate of drug-likeness (QED) is 0.473. The summed E-state index contributed by atoms with van der Waals surface area (Å²) in [5.41, 5.74) is -0.206. The number of ether oxygens (including phenoxy) is 1. The largest absolute Gasteiger partial charge is 0.489 e. The molecule has 0 radical (unpaired) electrons. The SMILES string of the molecule is N#CCCOc1c(Cl)cc([N+](=O)[O-])cc1Cl. The van der Waals surface area contributed by atoms with Crippen LogP contribution in [0.3, 0.4) is 0 Å². The molecule has 0 aliphatic heterocycles. The molecule has 16 heavy (non-hydrogen) atoms. The van der Waals surface area contributed by atoms with Gasteiger partial charge in [0.1, 0.15) is 6.61 Å². The van der Waals surface area contributed by atoms with Gasteiger partial charge in [-0.1, -0.05) is 23.2 Å². The molecule has 1 aromatic carbocycles. The van der Waals surface area contributed by atoms with E-state index >= 15 is 0 Å². The third-order valence-corrected chi connectivity index (χ3v) is 2.22. The van der Waals surface area contributed by atoms with Crippen LogP contribution in [0.2, 0.25) is 10.0 Å². The molecule has 0 heterocycles. The Morgan fingerprint density at radius 3 is 2.44 bits per heavy atom. The van der Waals surface area contributed by atoms with Crippen LogP contribution in [0.25, 0.3) is 0 Å². The van der Waals surface area contributed by atoms with Gasteiger partial charge in [0.05, 0.1) is 27.5 Å². The molecule has 0 aliphatic rings. The first-order valence-corrected chi connectivity index (χ1v) is 4.95. The Morgan fingerprint density at radius 2 is 2.00 bits per heavy atom. The lowest BCUT2D eigenvalue weighted by atomic mass is 10.3. The zero-order valence-corrected chi connectivity index (χ0v) is 9.46. The van der Waals surface area contributed by atoms with Crippen molar-refractivity contribution in [2.45, 2.75) is 6.42 Å². The lowest BCUT2D eigenvalue weighted by molar-refractivity contribution is -0.384. The van der Waals surface area contributed by atoms with Crippen molar-refractivity contribution >= 4 is 28.9 Å². The highest BCUT2D eigenvalue weighted by molar-refractivity contribution is 6.37. The Labute approximate surface area is 101 Å². The highest BCUT2D eigenvalue weighted by Gasteiger charge is 2.15. The van der Waals surface area contributed by atoms with E-state index in [1.807, 2.05) is 6.07 Å². The predicted molar refractivity (Wildman–Crippen MR) is 58.8 cm³/mol. The van der Waals surface area contributed by atoms with Crippen LogP contribution < -0.4 is 4.74 Å². The Balaban J connectivity index is 2.95. The average Bonchev–Trinajstić information content (AvgIpc) is 2.21. The molecule has 1 aromatic rings. The molecule has 0 N–H and O–H groups in total. The van der Waals surface area contributed by atoms with Crippen LogP contribution in [0.1, 0.15) is 6.42 Å². The Hall–Kier alpha value is -1.51. The summed E-state index contributed by atoms with van der Waals surface area (Å²) in [6.45, 7) is 0.133. The third kappa shape index (κ3) is 2.99. The van der Waals surface area contributed by atoms with Gasteiger partial charge in [0.2, 0.25) is 0 Å². The standard InChI is InChI=1S/C9H6Cl2N2O3/c10-7-4-6(13(14)15)5-8(11)9(7)16-3-1-2-12/h4-5H,1,3H2. The van der Waals surface area contributed by atoms with E-state index in [1.165, 1.54) is 0 Å². The molecule has 0 atom stereocenters. The number of nitrogens with zero attached hydrogens (tertiary/aromatic N) is 2. The second-order valence-electron chi connectivity index (χ2n) is 2.75. The van der Waals surface area contributed by atoms with Crippen molar-refractivity contribution in [1.82, 2.24) is 0 Å². The van der Waals surface area contributed by atoms with E-state index in [1.54, 1.807) is 0 Å². The topological polar surface area (TPSA) is 76.2 Å². The number of nitro groups is 1. The lowest BCUT2D eigenvalue weighted by Gasteiger charge is -2.07. The Morgan fingerprint density at radius 1 is 1.44 bits per heavy atom. The summed E-state index contributed by atoms with van der Waals surface area (Å²) in [5, 5.41) is 18.9. The van der Waals surface area contributed by atoms with Gasteiger partial charge in [-0.25, -0.2) is 0 Å². The van der Waals surface area contributed by atoms with E-state index in [0.29, 0.717) is 0 Å². The summed E-state index contributed by atoms with van der Waals surface area (Å²) < 4.78 is 5.13. The van der Waals surface area contributed by atoms with Crippen molar-refractivity contribution in [3.63, 3.8) is 0 Å². The number of hydrogen-bond acceptors (Lipinski definition) is 4. The van der Waals surface area contributed by atoms with E-state index in [0.717, 1.165) is 12.1 Å². The van der Waals surface area contributed by atoms with Crippen LogP contribution >= 0.6 is 23.2 Å². The first kappa shape index (κ1) is 12.6. The minimum Gasteiger partial charge on any atom is -0.489 e. The van der Waals surface area contributed by atoms with Crippen LogP contribution in [-0.4, -0.2) is 11.5 Å². The molecular formula is C9H6Cl2N2O3. The van der Waals surface area contributed by atoms with Gasteiger partial charge in [0.15, 0.2) is 5.75 Å². The number of benzene rings is 1. The number of non-ortho nitro benzene ring substituents is 1. The monoisotopic (exact) mass is 260 g/mol. The van der Waals surface area contributed by atoms with E-state index in [4.69, 9.17) is 33.2 Å². The molecule has 84 valence electrons. The lowest BCUT2D eigenvalue weighted by Crippen LogP contribution is -1.98. The van der Waals surface area contributed by atoms with Gasteiger partial charge in [-0.05, 0) is 0 Å². The molecule has 5 nitrogen and oxygen atoms in total. The fraction of sp³-hybridized carbons (Fsp3) is 0.222. The molecule has 0 spiro atoms. The fourth-order valence-corrected chi connectivity index (χ4v) is 1.57. The van der Waals surface area contributed by atoms with Crippen molar-refractivity contribution in [3.8, 4) is 11.8 Å². The molecule has 0 fully saturated rings. The van der Waals surface area contributed by atoms with Gasteiger partial charge in [0, 0.05) is 12.1 Å². The highest BCUT2D eigenvalue weighted by atomic mass is 35.5. The molecule has 1 rings (SSSR count). The van der Waals surface area contributed by atoms with Crippen molar-refractivity contribution in [3.05, 3.63) is 32.3 Å². The van der Waals surface area contributed by atoms with Crippen LogP contribution in [0, 0.1) is 21.4 Å². The molecule has 0 amide bonds. The summed E-state index contributed by atoms with van der Waals surface area (Å²) in [4.78, 5) is 9.88. The Bertz CT molecular complexity index is 434. The normalized spacial score (nSPS) is 9.56.